The molecular weight excluding hydrogens is 346 g/mol. The highest BCUT2D eigenvalue weighted by Gasteiger charge is 2.51. The molecule has 2 aromatic rings. The van der Waals surface area contributed by atoms with Crippen molar-refractivity contribution in [3.63, 3.8) is 0 Å². The Balaban J connectivity index is 1.57. The maximum Gasteiger partial charge on any atom is 0.235 e. The summed E-state index contributed by atoms with van der Waals surface area (Å²) in [5, 5.41) is 3.00. The summed E-state index contributed by atoms with van der Waals surface area (Å²) < 4.78 is 11.6. The number of rotatable bonds is 3. The van der Waals surface area contributed by atoms with Crippen LogP contribution in [0, 0.1) is 0 Å². The Morgan fingerprint density at radius 2 is 1.91 bits per heavy atom. The van der Waals surface area contributed by atoms with Gasteiger partial charge in [0.05, 0.1) is 5.41 Å². The minimum atomic E-state index is -0.403. The number of hydrogen-bond donors (Lipinski definition) is 1. The number of fused-ring (bicyclic) bond motifs is 1. The highest BCUT2D eigenvalue weighted by molar-refractivity contribution is 9.10. The lowest BCUT2D eigenvalue weighted by Gasteiger charge is -2.16. The van der Waals surface area contributed by atoms with Crippen molar-refractivity contribution in [2.45, 2.75) is 18.3 Å². The Hall–Kier alpha value is -2.01. The van der Waals surface area contributed by atoms with Crippen molar-refractivity contribution in [1.82, 2.24) is 0 Å². The number of carbonyl (C=O) groups is 1. The van der Waals surface area contributed by atoms with Gasteiger partial charge >= 0.3 is 0 Å². The third-order valence-corrected chi connectivity index (χ3v) is 4.69. The normalized spacial score (nSPS) is 17.1. The van der Waals surface area contributed by atoms with E-state index in [2.05, 4.69) is 21.2 Å². The molecule has 0 unspecified atom stereocenters. The summed E-state index contributed by atoms with van der Waals surface area (Å²) in [6.45, 7) is 0.231. The van der Waals surface area contributed by atoms with Crippen LogP contribution in [0.4, 0.5) is 5.69 Å². The molecule has 0 bridgehead atoms. The molecule has 5 heteroatoms. The molecule has 0 spiro atoms. The second-order valence-corrected chi connectivity index (χ2v) is 6.53. The van der Waals surface area contributed by atoms with Gasteiger partial charge in [0.25, 0.3) is 0 Å². The fourth-order valence-corrected chi connectivity index (χ4v) is 3.18. The van der Waals surface area contributed by atoms with Crippen LogP contribution in [0.2, 0.25) is 0 Å². The van der Waals surface area contributed by atoms with Gasteiger partial charge in [-0.15, -0.1) is 0 Å². The zero-order valence-corrected chi connectivity index (χ0v) is 13.4. The Kier molecular flexibility index (Phi) is 3.11. The maximum absolute atomic E-state index is 12.7. The molecular formula is C17H14BrNO3. The maximum atomic E-state index is 12.7. The first-order chi connectivity index (χ1) is 10.7. The van der Waals surface area contributed by atoms with Crippen LogP contribution in [0.1, 0.15) is 18.4 Å². The molecule has 22 heavy (non-hydrogen) atoms. The molecule has 0 aromatic heterocycles. The second-order valence-electron chi connectivity index (χ2n) is 5.61. The first kappa shape index (κ1) is 13.6. The zero-order valence-electron chi connectivity index (χ0n) is 11.8. The molecule has 1 saturated carbocycles. The molecule has 0 saturated heterocycles. The molecule has 4 nitrogen and oxygen atoms in total. The second kappa shape index (κ2) is 5.02. The summed E-state index contributed by atoms with van der Waals surface area (Å²) in [6.07, 6.45) is 1.75. The number of hydrogen-bond acceptors (Lipinski definition) is 3. The SMILES string of the molecule is O=C(Nc1ccc2c(c1)OCO2)C1(c2cccc(Br)c2)CC1. The Morgan fingerprint density at radius 1 is 1.09 bits per heavy atom. The van der Waals surface area contributed by atoms with Crippen LogP contribution in [0.5, 0.6) is 11.5 Å². The minimum Gasteiger partial charge on any atom is -0.454 e. The molecule has 1 aliphatic heterocycles. The van der Waals surface area contributed by atoms with Crippen molar-refractivity contribution in [2.24, 2.45) is 0 Å². The van der Waals surface area contributed by atoms with Crippen molar-refractivity contribution in [2.75, 3.05) is 12.1 Å². The number of nitrogens with one attached hydrogen (secondary N) is 1. The summed E-state index contributed by atoms with van der Waals surface area (Å²) in [5.41, 5.74) is 1.39. The van der Waals surface area contributed by atoms with Gasteiger partial charge in [-0.2, -0.15) is 0 Å². The highest BCUT2D eigenvalue weighted by Crippen LogP contribution is 2.49. The van der Waals surface area contributed by atoms with Gasteiger partial charge in [-0.3, -0.25) is 4.79 Å². The fourth-order valence-electron chi connectivity index (χ4n) is 2.78. The van der Waals surface area contributed by atoms with Crippen LogP contribution in [0.25, 0.3) is 0 Å². The lowest BCUT2D eigenvalue weighted by molar-refractivity contribution is -0.118. The highest BCUT2D eigenvalue weighted by atomic mass is 79.9. The first-order valence-electron chi connectivity index (χ1n) is 7.15. The quantitative estimate of drug-likeness (QED) is 0.905. The van der Waals surface area contributed by atoms with Gasteiger partial charge in [-0.25, -0.2) is 0 Å². The van der Waals surface area contributed by atoms with Crippen LogP contribution in [0.3, 0.4) is 0 Å². The average Bonchev–Trinajstić information content (AvgIpc) is 3.20. The van der Waals surface area contributed by atoms with E-state index in [1.54, 1.807) is 6.07 Å². The van der Waals surface area contributed by atoms with E-state index in [0.717, 1.165) is 28.6 Å². The Morgan fingerprint density at radius 3 is 2.68 bits per heavy atom. The van der Waals surface area contributed by atoms with E-state index in [9.17, 15) is 4.79 Å². The van der Waals surface area contributed by atoms with E-state index in [4.69, 9.17) is 9.47 Å². The van der Waals surface area contributed by atoms with Gasteiger partial charge < -0.3 is 14.8 Å². The topological polar surface area (TPSA) is 47.6 Å². The summed E-state index contributed by atoms with van der Waals surface area (Å²) in [7, 11) is 0. The predicted octanol–water partition coefficient (Wildman–Crippen LogP) is 3.85. The molecule has 1 heterocycles. The van der Waals surface area contributed by atoms with E-state index in [-0.39, 0.29) is 12.7 Å². The van der Waals surface area contributed by atoms with Crippen LogP contribution >= 0.6 is 15.9 Å². The molecule has 1 fully saturated rings. The third kappa shape index (κ3) is 2.25. The van der Waals surface area contributed by atoms with Crippen molar-refractivity contribution < 1.29 is 14.3 Å². The molecule has 2 aromatic carbocycles. The number of benzene rings is 2. The lowest BCUT2D eigenvalue weighted by Crippen LogP contribution is -2.27. The van der Waals surface area contributed by atoms with Crippen LogP contribution < -0.4 is 14.8 Å². The standard InChI is InChI=1S/C17H14BrNO3/c18-12-3-1-2-11(8-12)17(6-7-17)16(20)19-13-4-5-14-15(9-13)22-10-21-14/h1-5,8-9H,6-7,10H2,(H,19,20). The molecule has 1 amide bonds. The molecule has 0 atom stereocenters. The Bertz CT molecular complexity index is 755. The summed E-state index contributed by atoms with van der Waals surface area (Å²) >= 11 is 3.47. The smallest absolute Gasteiger partial charge is 0.235 e. The summed E-state index contributed by atoms with van der Waals surface area (Å²) in [5.74, 6) is 1.42. The molecule has 1 N–H and O–H groups in total. The predicted molar refractivity (Wildman–Crippen MR) is 86.2 cm³/mol. The van der Waals surface area contributed by atoms with Crippen molar-refractivity contribution in [1.29, 1.82) is 0 Å². The molecule has 4 rings (SSSR count). The van der Waals surface area contributed by atoms with Crippen LogP contribution in [0.15, 0.2) is 46.9 Å². The van der Waals surface area contributed by atoms with Crippen molar-refractivity contribution >= 4 is 27.5 Å². The number of carbonyl (C=O) groups excluding carboxylic acids is 1. The fraction of sp³-hybridized carbons (Fsp3) is 0.235. The van der Waals surface area contributed by atoms with Gasteiger partial charge in [0.15, 0.2) is 11.5 Å². The molecule has 112 valence electrons. The lowest BCUT2D eigenvalue weighted by atomic mass is 9.95. The minimum absolute atomic E-state index is 0.0319. The Labute approximate surface area is 136 Å². The monoisotopic (exact) mass is 359 g/mol. The van der Waals surface area contributed by atoms with Crippen molar-refractivity contribution in [3.8, 4) is 11.5 Å². The van der Waals surface area contributed by atoms with Crippen LogP contribution in [-0.2, 0) is 10.2 Å². The molecule has 2 aliphatic rings. The average molecular weight is 360 g/mol. The van der Waals surface area contributed by atoms with Crippen molar-refractivity contribution in [3.05, 3.63) is 52.5 Å². The molecule has 1 aliphatic carbocycles. The summed E-state index contributed by atoms with van der Waals surface area (Å²) in [6, 6.07) is 13.4. The number of halogens is 1. The van der Waals surface area contributed by atoms with E-state index >= 15 is 0 Å². The molecule has 0 radical (unpaired) electrons. The largest absolute Gasteiger partial charge is 0.454 e. The van der Waals surface area contributed by atoms with E-state index < -0.39 is 5.41 Å². The number of anilines is 1. The van der Waals surface area contributed by atoms with Gasteiger partial charge in [0.2, 0.25) is 12.7 Å². The van der Waals surface area contributed by atoms with Gasteiger partial charge in [0, 0.05) is 16.2 Å². The van der Waals surface area contributed by atoms with Gasteiger partial charge in [0.1, 0.15) is 0 Å². The van der Waals surface area contributed by atoms with Gasteiger partial charge in [-0.05, 0) is 42.7 Å². The van der Waals surface area contributed by atoms with E-state index in [1.165, 1.54) is 0 Å². The van der Waals surface area contributed by atoms with Gasteiger partial charge in [-0.1, -0.05) is 28.1 Å². The zero-order chi connectivity index (χ0) is 15.2. The number of amides is 1. The van der Waals surface area contributed by atoms with Crippen LogP contribution in [-0.4, -0.2) is 12.7 Å². The third-order valence-electron chi connectivity index (χ3n) is 4.19. The van der Waals surface area contributed by atoms with E-state index in [1.807, 2.05) is 36.4 Å². The van der Waals surface area contributed by atoms with E-state index in [0.29, 0.717) is 11.5 Å². The summed E-state index contributed by atoms with van der Waals surface area (Å²) in [4.78, 5) is 12.7. The number of ether oxygens (including phenoxy) is 2. The first-order valence-corrected chi connectivity index (χ1v) is 7.94.